The van der Waals surface area contributed by atoms with Crippen molar-refractivity contribution in [1.82, 2.24) is 5.32 Å². The third-order valence-electron chi connectivity index (χ3n) is 2.55. The minimum Gasteiger partial charge on any atom is -0.308 e. The van der Waals surface area contributed by atoms with Crippen molar-refractivity contribution >= 4 is 22.9 Å². The van der Waals surface area contributed by atoms with E-state index in [0.717, 1.165) is 22.0 Å². The fourth-order valence-corrected chi connectivity index (χ4v) is 2.65. The first-order valence-corrected chi connectivity index (χ1v) is 6.54. The van der Waals surface area contributed by atoms with Crippen molar-refractivity contribution in [2.75, 3.05) is 0 Å². The van der Waals surface area contributed by atoms with Crippen LogP contribution < -0.4 is 5.32 Å². The molecule has 0 saturated heterocycles. The summed E-state index contributed by atoms with van der Waals surface area (Å²) in [5, 5.41) is 3.28. The number of hydrogen-bond acceptors (Lipinski definition) is 2. The van der Waals surface area contributed by atoms with Crippen LogP contribution in [0.15, 0.2) is 30.3 Å². The summed E-state index contributed by atoms with van der Waals surface area (Å²) >= 11 is 7.40. The second-order valence-electron chi connectivity index (χ2n) is 3.88. The lowest BCUT2D eigenvalue weighted by atomic mass is 10.1. The van der Waals surface area contributed by atoms with Gasteiger partial charge >= 0.3 is 0 Å². The fourth-order valence-electron chi connectivity index (χ4n) is 1.60. The van der Waals surface area contributed by atoms with Crippen LogP contribution in [0, 0.1) is 12.7 Å². The maximum absolute atomic E-state index is 13.1. The van der Waals surface area contributed by atoms with Gasteiger partial charge in [0.1, 0.15) is 5.82 Å². The number of halogens is 2. The summed E-state index contributed by atoms with van der Waals surface area (Å²) < 4.78 is 13.9. The highest BCUT2D eigenvalue weighted by atomic mass is 35.5. The monoisotopic (exact) mass is 269 g/mol. The van der Waals surface area contributed by atoms with Gasteiger partial charge in [-0.25, -0.2) is 4.39 Å². The van der Waals surface area contributed by atoms with Crippen LogP contribution in [0.2, 0.25) is 4.34 Å². The summed E-state index contributed by atoms with van der Waals surface area (Å²) in [5.41, 5.74) is 2.09. The summed E-state index contributed by atoms with van der Waals surface area (Å²) in [5.74, 6) is -0.188. The topological polar surface area (TPSA) is 12.0 Å². The van der Waals surface area contributed by atoms with Crippen LogP contribution in [0.5, 0.6) is 0 Å². The highest BCUT2D eigenvalue weighted by molar-refractivity contribution is 7.16. The first-order valence-electron chi connectivity index (χ1n) is 5.35. The Morgan fingerprint density at radius 3 is 2.76 bits per heavy atom. The SMILES string of the molecule is Cc1ccc(F)cc1CNCc1ccc(Cl)s1. The zero-order chi connectivity index (χ0) is 12.3. The van der Waals surface area contributed by atoms with E-state index in [2.05, 4.69) is 5.32 Å². The fraction of sp³-hybridized carbons (Fsp3) is 0.231. The summed E-state index contributed by atoms with van der Waals surface area (Å²) in [6.45, 7) is 3.41. The van der Waals surface area contributed by atoms with Gasteiger partial charge in [0.25, 0.3) is 0 Å². The number of hydrogen-bond donors (Lipinski definition) is 1. The zero-order valence-electron chi connectivity index (χ0n) is 9.47. The molecule has 2 aromatic rings. The Kier molecular flexibility index (Phi) is 4.15. The molecule has 0 bridgehead atoms. The van der Waals surface area contributed by atoms with Crippen LogP contribution in [-0.2, 0) is 13.1 Å². The van der Waals surface area contributed by atoms with Crippen LogP contribution in [0.25, 0.3) is 0 Å². The van der Waals surface area contributed by atoms with E-state index in [-0.39, 0.29) is 5.82 Å². The van der Waals surface area contributed by atoms with Crippen molar-refractivity contribution in [1.29, 1.82) is 0 Å². The molecule has 1 aromatic heterocycles. The smallest absolute Gasteiger partial charge is 0.123 e. The molecule has 0 spiro atoms. The van der Waals surface area contributed by atoms with E-state index in [0.29, 0.717) is 6.54 Å². The molecule has 17 heavy (non-hydrogen) atoms. The van der Waals surface area contributed by atoms with Gasteiger partial charge in [0.15, 0.2) is 0 Å². The molecule has 0 aliphatic heterocycles. The molecular formula is C13H13ClFNS. The van der Waals surface area contributed by atoms with Crippen LogP contribution >= 0.6 is 22.9 Å². The molecule has 0 aliphatic carbocycles. The molecule has 0 saturated carbocycles. The lowest BCUT2D eigenvalue weighted by Crippen LogP contribution is -2.12. The third-order valence-corrected chi connectivity index (χ3v) is 3.79. The Balaban J connectivity index is 1.91. The Morgan fingerprint density at radius 1 is 1.24 bits per heavy atom. The molecule has 0 amide bonds. The van der Waals surface area contributed by atoms with E-state index in [4.69, 9.17) is 11.6 Å². The van der Waals surface area contributed by atoms with Gasteiger partial charge in [-0.1, -0.05) is 17.7 Å². The van der Waals surface area contributed by atoms with E-state index in [1.54, 1.807) is 23.5 Å². The number of thiophene rings is 1. The molecule has 0 fully saturated rings. The van der Waals surface area contributed by atoms with Crippen molar-refractivity contribution < 1.29 is 4.39 Å². The van der Waals surface area contributed by atoms with E-state index >= 15 is 0 Å². The number of nitrogens with one attached hydrogen (secondary N) is 1. The summed E-state index contributed by atoms with van der Waals surface area (Å²) in [4.78, 5) is 1.18. The predicted molar refractivity (Wildman–Crippen MR) is 71.0 cm³/mol. The molecule has 1 heterocycles. The molecule has 0 atom stereocenters. The van der Waals surface area contributed by atoms with E-state index in [9.17, 15) is 4.39 Å². The molecular weight excluding hydrogens is 257 g/mol. The normalized spacial score (nSPS) is 10.8. The van der Waals surface area contributed by atoms with E-state index < -0.39 is 0 Å². The highest BCUT2D eigenvalue weighted by Gasteiger charge is 2.01. The van der Waals surface area contributed by atoms with Crippen molar-refractivity contribution in [2.45, 2.75) is 20.0 Å². The van der Waals surface area contributed by atoms with Gasteiger partial charge in [-0.2, -0.15) is 0 Å². The maximum Gasteiger partial charge on any atom is 0.123 e. The molecule has 0 unspecified atom stereocenters. The second kappa shape index (κ2) is 5.63. The minimum absolute atomic E-state index is 0.188. The zero-order valence-corrected chi connectivity index (χ0v) is 11.0. The first kappa shape index (κ1) is 12.6. The lowest BCUT2D eigenvalue weighted by Gasteiger charge is -2.07. The Bertz CT molecular complexity index is 510. The van der Waals surface area contributed by atoms with Crippen LogP contribution in [0.4, 0.5) is 4.39 Å². The van der Waals surface area contributed by atoms with Gasteiger partial charge in [-0.3, -0.25) is 0 Å². The quantitative estimate of drug-likeness (QED) is 0.880. The predicted octanol–water partition coefficient (Wildman–Crippen LogP) is 4.14. The highest BCUT2D eigenvalue weighted by Crippen LogP contribution is 2.21. The standard InChI is InChI=1S/C13H13ClFNS/c1-9-2-3-11(15)6-10(9)7-16-8-12-4-5-13(14)17-12/h2-6,16H,7-8H2,1H3. The van der Waals surface area contributed by atoms with Crippen molar-refractivity contribution in [3.05, 3.63) is 56.5 Å². The second-order valence-corrected chi connectivity index (χ2v) is 5.68. The average Bonchev–Trinajstić information content (AvgIpc) is 2.69. The van der Waals surface area contributed by atoms with Gasteiger partial charge in [0.2, 0.25) is 0 Å². The third kappa shape index (κ3) is 3.53. The summed E-state index contributed by atoms with van der Waals surface area (Å²) in [6.07, 6.45) is 0. The number of rotatable bonds is 4. The van der Waals surface area contributed by atoms with Gasteiger partial charge < -0.3 is 5.32 Å². The Hall–Kier alpha value is -0.900. The van der Waals surface area contributed by atoms with Crippen molar-refractivity contribution in [3.63, 3.8) is 0 Å². The largest absolute Gasteiger partial charge is 0.308 e. The molecule has 1 nitrogen and oxygen atoms in total. The number of aryl methyl sites for hydroxylation is 1. The van der Waals surface area contributed by atoms with Gasteiger partial charge in [0.05, 0.1) is 4.34 Å². The van der Waals surface area contributed by atoms with Gasteiger partial charge in [-0.15, -0.1) is 11.3 Å². The molecule has 90 valence electrons. The van der Waals surface area contributed by atoms with Crippen LogP contribution in [0.3, 0.4) is 0 Å². The number of benzene rings is 1. The van der Waals surface area contributed by atoms with Crippen molar-refractivity contribution in [3.8, 4) is 0 Å². The van der Waals surface area contributed by atoms with E-state index in [1.807, 2.05) is 19.1 Å². The van der Waals surface area contributed by atoms with Crippen LogP contribution in [0.1, 0.15) is 16.0 Å². The van der Waals surface area contributed by atoms with Gasteiger partial charge in [0, 0.05) is 18.0 Å². The molecule has 2 rings (SSSR count). The van der Waals surface area contributed by atoms with Crippen LogP contribution in [-0.4, -0.2) is 0 Å². The maximum atomic E-state index is 13.1. The molecule has 4 heteroatoms. The summed E-state index contributed by atoms with van der Waals surface area (Å²) in [6, 6.07) is 8.74. The molecule has 0 aliphatic rings. The summed E-state index contributed by atoms with van der Waals surface area (Å²) in [7, 11) is 0. The molecule has 1 aromatic carbocycles. The average molecular weight is 270 g/mol. The molecule has 0 radical (unpaired) electrons. The minimum atomic E-state index is -0.188. The Morgan fingerprint density at radius 2 is 2.06 bits per heavy atom. The Labute approximate surface area is 109 Å². The molecule has 1 N–H and O–H groups in total. The lowest BCUT2D eigenvalue weighted by molar-refractivity contribution is 0.619. The van der Waals surface area contributed by atoms with E-state index in [1.165, 1.54) is 10.9 Å². The first-order chi connectivity index (χ1) is 8.15. The van der Waals surface area contributed by atoms with Gasteiger partial charge in [-0.05, 0) is 42.3 Å². The van der Waals surface area contributed by atoms with Crippen molar-refractivity contribution in [2.24, 2.45) is 0 Å².